The summed E-state index contributed by atoms with van der Waals surface area (Å²) in [6, 6.07) is 8.85. The van der Waals surface area contributed by atoms with Gasteiger partial charge in [0, 0.05) is 27.4 Å². The molecule has 0 saturated heterocycles. The number of aromatic nitrogens is 2. The summed E-state index contributed by atoms with van der Waals surface area (Å²) in [5.41, 5.74) is 3.63. The lowest BCUT2D eigenvalue weighted by atomic mass is 10.1. The van der Waals surface area contributed by atoms with Gasteiger partial charge in [0.25, 0.3) is 5.56 Å². The van der Waals surface area contributed by atoms with E-state index in [2.05, 4.69) is 4.98 Å². The highest BCUT2D eigenvalue weighted by molar-refractivity contribution is 6.37. The fourth-order valence-corrected chi connectivity index (χ4v) is 3.65. The topological polar surface area (TPSA) is 34.4 Å². The highest BCUT2D eigenvalue weighted by Gasteiger charge is 2.23. The van der Waals surface area contributed by atoms with Crippen LogP contribution in [0.15, 0.2) is 41.3 Å². The minimum absolute atomic E-state index is 0.0776. The summed E-state index contributed by atoms with van der Waals surface area (Å²) in [6.45, 7) is 0. The maximum Gasteiger partial charge on any atom is 0.261 e. The number of hydrogen-bond donors (Lipinski definition) is 0. The third-order valence-corrected chi connectivity index (χ3v) is 5.03. The molecule has 0 fully saturated rings. The molecule has 1 aliphatic rings. The molecule has 1 aliphatic carbocycles. The zero-order chi connectivity index (χ0) is 16.8. The Bertz CT molecular complexity index is 1050. The van der Waals surface area contributed by atoms with E-state index in [1.165, 1.54) is 4.40 Å². The van der Waals surface area contributed by atoms with E-state index < -0.39 is 0 Å². The average molecular weight is 378 g/mol. The lowest BCUT2D eigenvalue weighted by Crippen LogP contribution is -2.19. The van der Waals surface area contributed by atoms with Crippen LogP contribution in [0.2, 0.25) is 15.1 Å². The van der Waals surface area contributed by atoms with Gasteiger partial charge in [0.15, 0.2) is 0 Å². The molecule has 2 heterocycles. The molecular formula is C18H11Cl3N2O. The molecule has 0 bridgehead atoms. The van der Waals surface area contributed by atoms with Crippen molar-refractivity contribution < 1.29 is 0 Å². The van der Waals surface area contributed by atoms with Crippen molar-refractivity contribution >= 4 is 52.1 Å². The van der Waals surface area contributed by atoms with E-state index in [0.717, 1.165) is 23.3 Å². The van der Waals surface area contributed by atoms with E-state index in [1.54, 1.807) is 36.5 Å². The summed E-state index contributed by atoms with van der Waals surface area (Å²) >= 11 is 18.5. The molecule has 0 radical (unpaired) electrons. The highest BCUT2D eigenvalue weighted by Crippen LogP contribution is 2.34. The van der Waals surface area contributed by atoms with Crippen LogP contribution in [0.5, 0.6) is 0 Å². The third-order valence-electron chi connectivity index (χ3n) is 4.15. The van der Waals surface area contributed by atoms with E-state index in [1.807, 2.05) is 6.08 Å². The molecule has 6 heteroatoms. The predicted molar refractivity (Wildman–Crippen MR) is 99.1 cm³/mol. The summed E-state index contributed by atoms with van der Waals surface area (Å²) in [7, 11) is 0. The van der Waals surface area contributed by atoms with E-state index in [9.17, 15) is 4.79 Å². The summed E-state index contributed by atoms with van der Waals surface area (Å²) in [4.78, 5) is 17.3. The number of hydrogen-bond acceptors (Lipinski definition) is 2. The first-order valence-corrected chi connectivity index (χ1v) is 8.54. The Balaban J connectivity index is 1.94. The molecule has 2 aromatic heterocycles. The molecule has 0 saturated carbocycles. The molecule has 0 unspecified atom stereocenters. The van der Waals surface area contributed by atoms with Crippen molar-refractivity contribution in [2.24, 2.45) is 0 Å². The Labute approximate surface area is 153 Å². The van der Waals surface area contributed by atoms with Crippen LogP contribution in [0.3, 0.4) is 0 Å². The van der Waals surface area contributed by atoms with E-state index in [4.69, 9.17) is 34.8 Å². The van der Waals surface area contributed by atoms with Crippen molar-refractivity contribution in [1.29, 1.82) is 0 Å². The third kappa shape index (κ3) is 2.53. The number of pyridine rings is 1. The van der Waals surface area contributed by atoms with Crippen LogP contribution in [-0.4, -0.2) is 9.38 Å². The molecule has 120 valence electrons. The quantitative estimate of drug-likeness (QED) is 0.588. The first-order chi connectivity index (χ1) is 11.5. The average Bonchev–Trinajstić information content (AvgIpc) is 2.95. The second-order valence-electron chi connectivity index (χ2n) is 5.62. The van der Waals surface area contributed by atoms with Crippen molar-refractivity contribution in [3.8, 4) is 0 Å². The molecule has 24 heavy (non-hydrogen) atoms. The van der Waals surface area contributed by atoms with Crippen LogP contribution in [0.1, 0.15) is 23.2 Å². The first-order valence-electron chi connectivity index (χ1n) is 7.40. The van der Waals surface area contributed by atoms with Gasteiger partial charge in [-0.1, -0.05) is 40.9 Å². The normalized spacial score (nSPS) is 15.2. The van der Waals surface area contributed by atoms with Gasteiger partial charge in [-0.3, -0.25) is 9.20 Å². The smallest absolute Gasteiger partial charge is 0.261 e. The monoisotopic (exact) mass is 376 g/mol. The Morgan fingerprint density at radius 1 is 1.04 bits per heavy atom. The summed E-state index contributed by atoms with van der Waals surface area (Å²) in [5, 5.41) is 1.66. The predicted octanol–water partition coefficient (Wildman–Crippen LogP) is 5.14. The second kappa shape index (κ2) is 5.92. The Morgan fingerprint density at radius 3 is 2.54 bits per heavy atom. The first kappa shape index (κ1) is 15.7. The molecule has 1 aromatic carbocycles. The summed E-state index contributed by atoms with van der Waals surface area (Å²) < 4.78 is 1.49. The standard InChI is InChI=1S/C18H11Cl3N2O/c19-11-5-7-16-22-17-10(4-6-12(17)18(24)23(16)9-11)8-13-14(20)2-1-3-15(13)21/h1-3,5,7-9H,4,6H2. The van der Waals surface area contributed by atoms with Crippen molar-refractivity contribution in [3.05, 3.63) is 78.8 Å². The molecular weight excluding hydrogens is 367 g/mol. The van der Waals surface area contributed by atoms with E-state index >= 15 is 0 Å². The second-order valence-corrected chi connectivity index (χ2v) is 6.88. The zero-order valence-corrected chi connectivity index (χ0v) is 14.7. The number of benzene rings is 1. The van der Waals surface area contributed by atoms with Crippen LogP contribution >= 0.6 is 34.8 Å². The summed E-state index contributed by atoms with van der Waals surface area (Å²) in [6.07, 6.45) is 4.89. The lowest BCUT2D eigenvalue weighted by Gasteiger charge is -2.07. The van der Waals surface area contributed by atoms with Crippen LogP contribution in [0.4, 0.5) is 0 Å². The molecule has 3 nitrogen and oxygen atoms in total. The fraction of sp³-hybridized carbons (Fsp3) is 0.111. The van der Waals surface area contributed by atoms with Crippen molar-refractivity contribution in [1.82, 2.24) is 9.38 Å². The zero-order valence-electron chi connectivity index (χ0n) is 12.4. The van der Waals surface area contributed by atoms with Gasteiger partial charge in [-0.2, -0.15) is 0 Å². The van der Waals surface area contributed by atoms with Gasteiger partial charge >= 0.3 is 0 Å². The van der Waals surface area contributed by atoms with Crippen molar-refractivity contribution in [3.63, 3.8) is 0 Å². The van der Waals surface area contributed by atoms with Gasteiger partial charge in [-0.05, 0) is 48.8 Å². The van der Waals surface area contributed by atoms with Gasteiger partial charge < -0.3 is 0 Å². The number of fused-ring (bicyclic) bond motifs is 2. The van der Waals surface area contributed by atoms with Crippen LogP contribution in [-0.2, 0) is 6.42 Å². The Hall–Kier alpha value is -1.81. The Kier molecular flexibility index (Phi) is 3.87. The van der Waals surface area contributed by atoms with Gasteiger partial charge in [0.2, 0.25) is 0 Å². The van der Waals surface area contributed by atoms with E-state index in [-0.39, 0.29) is 5.56 Å². The van der Waals surface area contributed by atoms with Gasteiger partial charge in [0.1, 0.15) is 5.65 Å². The molecule has 0 spiro atoms. The molecule has 0 amide bonds. The number of nitrogens with zero attached hydrogens (tertiary/aromatic N) is 2. The molecule has 4 rings (SSSR count). The lowest BCUT2D eigenvalue weighted by molar-refractivity contribution is 0.971. The fourth-order valence-electron chi connectivity index (χ4n) is 2.98. The maximum atomic E-state index is 12.7. The minimum Gasteiger partial charge on any atom is -0.269 e. The maximum absolute atomic E-state index is 12.7. The van der Waals surface area contributed by atoms with Crippen LogP contribution < -0.4 is 5.56 Å². The molecule has 0 aliphatic heterocycles. The number of allylic oxidation sites excluding steroid dienone is 1. The van der Waals surface area contributed by atoms with Gasteiger partial charge in [-0.25, -0.2) is 4.98 Å². The molecule has 0 atom stereocenters. The van der Waals surface area contributed by atoms with Crippen LogP contribution in [0, 0.1) is 0 Å². The van der Waals surface area contributed by atoms with Crippen LogP contribution in [0.25, 0.3) is 17.3 Å². The number of halogens is 3. The van der Waals surface area contributed by atoms with Crippen molar-refractivity contribution in [2.45, 2.75) is 12.8 Å². The summed E-state index contributed by atoms with van der Waals surface area (Å²) in [5.74, 6) is 0. The largest absolute Gasteiger partial charge is 0.269 e. The van der Waals surface area contributed by atoms with Crippen molar-refractivity contribution in [2.75, 3.05) is 0 Å². The minimum atomic E-state index is -0.0776. The van der Waals surface area contributed by atoms with Gasteiger partial charge in [0.05, 0.1) is 10.7 Å². The van der Waals surface area contributed by atoms with Gasteiger partial charge in [-0.15, -0.1) is 0 Å². The highest BCUT2D eigenvalue weighted by atomic mass is 35.5. The molecule has 0 N–H and O–H groups in total. The Morgan fingerprint density at radius 2 is 1.79 bits per heavy atom. The molecule has 3 aromatic rings. The SMILES string of the molecule is O=c1c2c(nc3ccc(Cl)cn13)C(=Cc1c(Cl)cccc1Cl)CC2. The number of rotatable bonds is 1. The van der Waals surface area contributed by atoms with E-state index in [0.29, 0.717) is 32.7 Å².